The van der Waals surface area contributed by atoms with Crippen LogP contribution in [0.3, 0.4) is 0 Å². The van der Waals surface area contributed by atoms with Gasteiger partial charge in [0.1, 0.15) is 0 Å². The third-order valence-electron chi connectivity index (χ3n) is 5.58. The molecule has 0 aliphatic heterocycles. The van der Waals surface area contributed by atoms with Gasteiger partial charge in [-0.25, -0.2) is 9.97 Å². The highest BCUT2D eigenvalue weighted by atomic mass is 35.5. The molecule has 0 unspecified atom stereocenters. The number of thiophene rings is 1. The fourth-order valence-corrected chi connectivity index (χ4v) is 5.72. The van der Waals surface area contributed by atoms with Gasteiger partial charge in [0.05, 0.1) is 31.7 Å². The third-order valence-corrected chi connectivity index (χ3v) is 7.59. The maximum atomic E-state index is 13.4. The average Bonchev–Trinajstić information content (AvgIpc) is 3.52. The van der Waals surface area contributed by atoms with Crippen molar-refractivity contribution in [2.45, 2.75) is 0 Å². The van der Waals surface area contributed by atoms with Gasteiger partial charge in [0.15, 0.2) is 5.13 Å². The van der Waals surface area contributed by atoms with E-state index in [1.807, 2.05) is 66.0 Å². The van der Waals surface area contributed by atoms with Gasteiger partial charge in [0.2, 0.25) is 0 Å². The molecule has 0 atom stereocenters. The van der Waals surface area contributed by atoms with E-state index in [9.17, 15) is 4.79 Å². The highest BCUT2D eigenvalue weighted by molar-refractivity contribution is 7.19. The molecule has 0 saturated carbocycles. The molecule has 0 radical (unpaired) electrons. The molecule has 6 rings (SSSR count). The number of fused-ring (bicyclic) bond motifs is 2. The van der Waals surface area contributed by atoms with E-state index >= 15 is 0 Å². The maximum Gasteiger partial charge on any atom is 0.258 e. The number of halogens is 1. The standard InChI is InChI=1S/C27H16ClN3OS2/c28-25-13-12-24(34-25)22-14-20(19-9-3-4-11-21(19)29-22)26(32)31-27-30-23(15-33-27)18-10-5-7-16-6-1-2-8-17(16)18/h1-15H,(H,30,31,32). The van der Waals surface area contributed by atoms with Crippen molar-refractivity contribution in [1.29, 1.82) is 0 Å². The van der Waals surface area contributed by atoms with Crippen LogP contribution >= 0.6 is 34.3 Å². The Bertz CT molecular complexity index is 1680. The Morgan fingerprint density at radius 3 is 2.47 bits per heavy atom. The Hall–Kier alpha value is -3.58. The number of nitrogens with zero attached hydrogens (tertiary/aromatic N) is 2. The molecule has 0 aliphatic rings. The molecule has 6 aromatic rings. The van der Waals surface area contributed by atoms with Crippen molar-refractivity contribution in [2.24, 2.45) is 0 Å². The lowest BCUT2D eigenvalue weighted by Gasteiger charge is -2.09. The van der Waals surface area contributed by atoms with Gasteiger partial charge in [0, 0.05) is 16.3 Å². The molecule has 3 heterocycles. The zero-order chi connectivity index (χ0) is 23.1. The second kappa shape index (κ2) is 8.65. The summed E-state index contributed by atoms with van der Waals surface area (Å²) < 4.78 is 0.680. The SMILES string of the molecule is O=C(Nc1nc(-c2cccc3ccccc23)cs1)c1cc(-c2ccc(Cl)s2)nc2ccccc12. The van der Waals surface area contributed by atoms with E-state index in [1.165, 1.54) is 22.7 Å². The van der Waals surface area contributed by atoms with E-state index in [1.54, 1.807) is 0 Å². The number of carbonyl (C=O) groups excluding carboxylic acids is 1. The zero-order valence-corrected chi connectivity index (χ0v) is 20.0. The number of rotatable bonds is 4. The van der Waals surface area contributed by atoms with Gasteiger partial charge in [-0.15, -0.1) is 22.7 Å². The van der Waals surface area contributed by atoms with Gasteiger partial charge in [-0.1, -0.05) is 72.3 Å². The first-order valence-corrected chi connectivity index (χ1v) is 12.6. The highest BCUT2D eigenvalue weighted by Crippen LogP contribution is 2.34. The zero-order valence-electron chi connectivity index (χ0n) is 17.7. The van der Waals surface area contributed by atoms with Gasteiger partial charge in [-0.2, -0.15) is 0 Å². The van der Waals surface area contributed by atoms with Crippen LogP contribution in [0.2, 0.25) is 4.34 Å². The molecule has 0 spiro atoms. The number of para-hydroxylation sites is 1. The molecule has 0 fully saturated rings. The molecule has 164 valence electrons. The summed E-state index contributed by atoms with van der Waals surface area (Å²) in [6.45, 7) is 0. The van der Waals surface area contributed by atoms with Gasteiger partial charge < -0.3 is 0 Å². The molecule has 0 aliphatic carbocycles. The van der Waals surface area contributed by atoms with E-state index in [0.29, 0.717) is 15.0 Å². The summed E-state index contributed by atoms with van der Waals surface area (Å²) in [5, 5.41) is 8.59. The molecule has 4 nitrogen and oxygen atoms in total. The molecule has 0 bridgehead atoms. The lowest BCUT2D eigenvalue weighted by atomic mass is 10.0. The van der Waals surface area contributed by atoms with Crippen LogP contribution in [0.25, 0.3) is 43.5 Å². The number of hydrogen-bond donors (Lipinski definition) is 1. The smallest absolute Gasteiger partial charge is 0.258 e. The van der Waals surface area contributed by atoms with Crippen LogP contribution in [-0.2, 0) is 0 Å². The largest absolute Gasteiger partial charge is 0.298 e. The number of aromatic nitrogens is 2. The number of nitrogens with one attached hydrogen (secondary N) is 1. The Morgan fingerprint density at radius 2 is 1.62 bits per heavy atom. The minimum atomic E-state index is -0.221. The first-order valence-electron chi connectivity index (χ1n) is 10.6. The Labute approximate surface area is 208 Å². The van der Waals surface area contributed by atoms with Crippen LogP contribution < -0.4 is 5.32 Å². The summed E-state index contributed by atoms with van der Waals surface area (Å²) >= 11 is 8.98. The first kappa shape index (κ1) is 21.0. The molecular formula is C27H16ClN3OS2. The van der Waals surface area contributed by atoms with Gasteiger partial charge >= 0.3 is 0 Å². The third kappa shape index (κ3) is 3.86. The van der Waals surface area contributed by atoms with Crippen LogP contribution in [0.4, 0.5) is 5.13 Å². The van der Waals surface area contributed by atoms with E-state index in [-0.39, 0.29) is 5.91 Å². The number of hydrogen-bond acceptors (Lipinski definition) is 5. The molecule has 1 amide bonds. The summed E-state index contributed by atoms with van der Waals surface area (Å²) in [6.07, 6.45) is 0. The van der Waals surface area contributed by atoms with Crippen molar-refractivity contribution in [3.8, 4) is 21.8 Å². The van der Waals surface area contributed by atoms with Gasteiger partial charge in [0.25, 0.3) is 5.91 Å². The van der Waals surface area contributed by atoms with Crippen LogP contribution in [0.15, 0.2) is 90.3 Å². The van der Waals surface area contributed by atoms with Crippen molar-refractivity contribution in [3.05, 3.63) is 100 Å². The number of thiazole rings is 1. The average molecular weight is 498 g/mol. The fraction of sp³-hybridized carbons (Fsp3) is 0. The van der Waals surface area contributed by atoms with E-state index in [0.717, 1.165) is 43.5 Å². The van der Waals surface area contributed by atoms with Gasteiger partial charge in [-0.3, -0.25) is 10.1 Å². The van der Waals surface area contributed by atoms with E-state index < -0.39 is 0 Å². The van der Waals surface area contributed by atoms with Crippen LogP contribution in [0.5, 0.6) is 0 Å². The van der Waals surface area contributed by atoms with Gasteiger partial charge in [-0.05, 0) is 35.0 Å². The van der Waals surface area contributed by atoms with Crippen LogP contribution in [0, 0.1) is 0 Å². The molecule has 3 aromatic heterocycles. The number of anilines is 1. The van der Waals surface area contributed by atoms with Crippen molar-refractivity contribution >= 4 is 67.0 Å². The number of carbonyl (C=O) groups is 1. The molecule has 3 aromatic carbocycles. The monoisotopic (exact) mass is 497 g/mol. The summed E-state index contributed by atoms with van der Waals surface area (Å²) in [7, 11) is 0. The summed E-state index contributed by atoms with van der Waals surface area (Å²) in [5.41, 5.74) is 3.90. The number of benzene rings is 3. The van der Waals surface area contributed by atoms with Crippen molar-refractivity contribution in [2.75, 3.05) is 5.32 Å². The molecule has 7 heteroatoms. The molecule has 34 heavy (non-hydrogen) atoms. The van der Waals surface area contributed by atoms with E-state index in [4.69, 9.17) is 21.6 Å². The number of pyridine rings is 1. The fourth-order valence-electron chi connectivity index (χ4n) is 4.01. The number of amides is 1. The Kier molecular flexibility index (Phi) is 5.34. The predicted molar refractivity (Wildman–Crippen MR) is 143 cm³/mol. The Balaban J connectivity index is 1.36. The quantitative estimate of drug-likeness (QED) is 0.267. The topological polar surface area (TPSA) is 54.9 Å². The van der Waals surface area contributed by atoms with Crippen LogP contribution in [0.1, 0.15) is 10.4 Å². The lowest BCUT2D eigenvalue weighted by molar-refractivity contribution is 0.102. The highest BCUT2D eigenvalue weighted by Gasteiger charge is 2.17. The van der Waals surface area contributed by atoms with Crippen LogP contribution in [-0.4, -0.2) is 15.9 Å². The molecule has 0 saturated heterocycles. The second-order valence-corrected chi connectivity index (χ2v) is 10.3. The minimum absolute atomic E-state index is 0.221. The maximum absolute atomic E-state index is 13.4. The first-order chi connectivity index (χ1) is 16.7. The van der Waals surface area contributed by atoms with Crippen molar-refractivity contribution < 1.29 is 4.79 Å². The predicted octanol–water partition coefficient (Wildman–Crippen LogP) is 8.15. The minimum Gasteiger partial charge on any atom is -0.298 e. The molecule has 1 N–H and O–H groups in total. The summed E-state index contributed by atoms with van der Waals surface area (Å²) in [6, 6.07) is 27.6. The normalized spacial score (nSPS) is 11.2. The lowest BCUT2D eigenvalue weighted by Crippen LogP contribution is -2.13. The summed E-state index contributed by atoms with van der Waals surface area (Å²) in [5.74, 6) is -0.221. The van der Waals surface area contributed by atoms with Crippen molar-refractivity contribution in [3.63, 3.8) is 0 Å². The van der Waals surface area contributed by atoms with E-state index in [2.05, 4.69) is 29.6 Å². The molecular weight excluding hydrogens is 482 g/mol. The second-order valence-electron chi connectivity index (χ2n) is 7.69. The summed E-state index contributed by atoms with van der Waals surface area (Å²) in [4.78, 5) is 23.8. The van der Waals surface area contributed by atoms with Crippen molar-refractivity contribution in [1.82, 2.24) is 9.97 Å². The Morgan fingerprint density at radius 1 is 0.824 bits per heavy atom.